The molecule has 0 unspecified atom stereocenters. The first kappa shape index (κ1) is 21.9. The highest BCUT2D eigenvalue weighted by Crippen LogP contribution is 2.25. The van der Waals surface area contributed by atoms with E-state index in [0.29, 0.717) is 0 Å². The Morgan fingerprint density at radius 3 is 1.86 bits per heavy atom. The van der Waals surface area contributed by atoms with E-state index in [1.54, 1.807) is 6.92 Å². The molecule has 7 heteroatoms. The molecule has 2 aromatic carbocycles. The Hall–Kier alpha value is -2.44. The maximum atomic E-state index is 14.2. The Morgan fingerprint density at radius 2 is 1.32 bits per heavy atom. The minimum atomic E-state index is -1.24. The summed E-state index contributed by atoms with van der Waals surface area (Å²) in [6.07, 6.45) is 0.949. The van der Waals surface area contributed by atoms with Crippen molar-refractivity contribution in [2.24, 2.45) is 0 Å². The second-order valence-electron chi connectivity index (χ2n) is 6.12. The standard InChI is InChI=1S/C21H20F6O/c1-2-28-17-11-10-15(20(26)21(17)27)9-8-14-7-6-13(18(24)19(14)25)4-3-5-16(23)12-22/h5-7,10-11H,2-4,8-9,12H2,1H3/b16-5-. The molecule has 0 amide bonds. The number of rotatable bonds is 9. The van der Waals surface area contributed by atoms with Crippen LogP contribution in [0.2, 0.25) is 0 Å². The highest BCUT2D eigenvalue weighted by Gasteiger charge is 2.17. The smallest absolute Gasteiger partial charge is 0.200 e. The Morgan fingerprint density at radius 1 is 0.821 bits per heavy atom. The van der Waals surface area contributed by atoms with Gasteiger partial charge in [-0.25, -0.2) is 22.0 Å². The lowest BCUT2D eigenvalue weighted by Gasteiger charge is -2.10. The summed E-state index contributed by atoms with van der Waals surface area (Å²) in [6.45, 7) is 0.585. The number of hydrogen-bond acceptors (Lipinski definition) is 1. The lowest BCUT2D eigenvalue weighted by Crippen LogP contribution is -2.04. The van der Waals surface area contributed by atoms with Gasteiger partial charge >= 0.3 is 0 Å². The zero-order valence-electron chi connectivity index (χ0n) is 15.3. The van der Waals surface area contributed by atoms with E-state index in [1.165, 1.54) is 24.3 Å². The first-order valence-corrected chi connectivity index (χ1v) is 8.84. The van der Waals surface area contributed by atoms with Crippen LogP contribution in [0.3, 0.4) is 0 Å². The average Bonchev–Trinajstić information content (AvgIpc) is 2.69. The van der Waals surface area contributed by atoms with Crippen molar-refractivity contribution in [2.45, 2.75) is 32.6 Å². The van der Waals surface area contributed by atoms with Crippen molar-refractivity contribution in [3.63, 3.8) is 0 Å². The highest BCUT2D eigenvalue weighted by atomic mass is 19.2. The number of halogens is 6. The molecule has 28 heavy (non-hydrogen) atoms. The van der Waals surface area contributed by atoms with Crippen molar-refractivity contribution >= 4 is 0 Å². The van der Waals surface area contributed by atoms with Gasteiger partial charge in [0.2, 0.25) is 5.82 Å². The highest BCUT2D eigenvalue weighted by molar-refractivity contribution is 5.33. The molecule has 1 nitrogen and oxygen atoms in total. The molecule has 0 saturated heterocycles. The maximum absolute atomic E-state index is 14.2. The number of allylic oxidation sites excluding steroid dienone is 2. The fourth-order valence-corrected chi connectivity index (χ4v) is 2.76. The van der Waals surface area contributed by atoms with E-state index in [4.69, 9.17) is 4.74 Å². The molecule has 0 bridgehead atoms. The largest absolute Gasteiger partial charge is 0.491 e. The third-order valence-corrected chi connectivity index (χ3v) is 4.24. The van der Waals surface area contributed by atoms with Crippen molar-refractivity contribution in [1.82, 2.24) is 0 Å². The summed E-state index contributed by atoms with van der Waals surface area (Å²) >= 11 is 0. The van der Waals surface area contributed by atoms with E-state index in [1.807, 2.05) is 0 Å². The molecule has 0 radical (unpaired) electrons. The summed E-state index contributed by atoms with van der Waals surface area (Å²) < 4.78 is 86.1. The van der Waals surface area contributed by atoms with Gasteiger partial charge in [0.05, 0.1) is 6.61 Å². The third kappa shape index (κ3) is 5.30. The number of aryl methyl sites for hydroxylation is 3. The van der Waals surface area contributed by atoms with E-state index >= 15 is 0 Å². The van der Waals surface area contributed by atoms with Gasteiger partial charge in [-0.1, -0.05) is 18.2 Å². The number of benzene rings is 2. The molecule has 152 valence electrons. The Balaban J connectivity index is 2.09. The molecule has 0 aromatic heterocycles. The van der Waals surface area contributed by atoms with Crippen molar-refractivity contribution in [3.05, 3.63) is 76.1 Å². The van der Waals surface area contributed by atoms with E-state index in [9.17, 15) is 26.3 Å². The summed E-state index contributed by atoms with van der Waals surface area (Å²) in [5.74, 6) is -5.52. The lowest BCUT2D eigenvalue weighted by atomic mass is 10.00. The van der Waals surface area contributed by atoms with E-state index < -0.39 is 35.8 Å². The zero-order chi connectivity index (χ0) is 20.7. The molecule has 0 N–H and O–H groups in total. The van der Waals surface area contributed by atoms with Crippen molar-refractivity contribution in [2.75, 3.05) is 13.3 Å². The molecule has 0 heterocycles. The van der Waals surface area contributed by atoms with Gasteiger partial charge in [-0.05, 0) is 61.4 Å². The van der Waals surface area contributed by atoms with Crippen LogP contribution in [-0.4, -0.2) is 13.3 Å². The van der Waals surface area contributed by atoms with Gasteiger partial charge in [-0.3, -0.25) is 0 Å². The summed E-state index contributed by atoms with van der Waals surface area (Å²) in [7, 11) is 0. The van der Waals surface area contributed by atoms with Crippen LogP contribution in [0, 0.1) is 23.3 Å². The predicted octanol–water partition coefficient (Wildman–Crippen LogP) is 6.18. The van der Waals surface area contributed by atoms with Gasteiger partial charge in [0.1, 0.15) is 12.5 Å². The van der Waals surface area contributed by atoms with Gasteiger partial charge in [0.25, 0.3) is 0 Å². The van der Waals surface area contributed by atoms with Crippen LogP contribution in [-0.2, 0) is 19.3 Å². The Kier molecular flexibility index (Phi) is 7.96. The molecule has 0 atom stereocenters. The number of alkyl halides is 1. The minimum Gasteiger partial charge on any atom is -0.491 e. The summed E-state index contributed by atoms with van der Waals surface area (Å²) in [5.41, 5.74) is 0.0690. The van der Waals surface area contributed by atoms with Crippen molar-refractivity contribution in [1.29, 1.82) is 0 Å². The molecule has 0 fully saturated rings. The van der Waals surface area contributed by atoms with Gasteiger partial charge in [0, 0.05) is 0 Å². The second kappa shape index (κ2) is 10.2. The second-order valence-corrected chi connectivity index (χ2v) is 6.12. The van der Waals surface area contributed by atoms with Crippen LogP contribution in [0.15, 0.2) is 36.2 Å². The molecule has 0 aliphatic rings. The van der Waals surface area contributed by atoms with E-state index in [2.05, 4.69) is 0 Å². The van der Waals surface area contributed by atoms with Crippen molar-refractivity contribution < 1.29 is 31.1 Å². The fraction of sp³-hybridized carbons (Fsp3) is 0.333. The molecular weight excluding hydrogens is 382 g/mol. The minimum absolute atomic E-state index is 0.00911. The summed E-state index contributed by atoms with van der Waals surface area (Å²) in [4.78, 5) is 0. The first-order chi connectivity index (χ1) is 13.4. The third-order valence-electron chi connectivity index (χ3n) is 4.24. The first-order valence-electron chi connectivity index (χ1n) is 8.84. The molecule has 0 aliphatic heterocycles. The molecular formula is C21H20F6O. The topological polar surface area (TPSA) is 9.23 Å². The SMILES string of the molecule is CCOc1ccc(CCc2ccc(CC/C=C(\F)CF)c(F)c2F)c(F)c1F. The maximum Gasteiger partial charge on any atom is 0.200 e. The van der Waals surface area contributed by atoms with E-state index in [-0.39, 0.29) is 54.7 Å². The molecule has 2 rings (SSSR count). The average molecular weight is 402 g/mol. The van der Waals surface area contributed by atoms with Crippen LogP contribution in [0.25, 0.3) is 0 Å². The summed E-state index contributed by atoms with van der Waals surface area (Å²) in [5, 5.41) is 0. The quantitative estimate of drug-likeness (QED) is 0.455. The zero-order valence-corrected chi connectivity index (χ0v) is 15.3. The van der Waals surface area contributed by atoms with Gasteiger partial charge in [0.15, 0.2) is 23.2 Å². The van der Waals surface area contributed by atoms with E-state index in [0.717, 1.165) is 6.08 Å². The van der Waals surface area contributed by atoms with Crippen LogP contribution in [0.1, 0.15) is 30.0 Å². The Labute approximate surface area is 159 Å². The van der Waals surface area contributed by atoms with Crippen LogP contribution >= 0.6 is 0 Å². The molecule has 0 saturated carbocycles. The van der Waals surface area contributed by atoms with Gasteiger partial charge in [-0.15, -0.1) is 0 Å². The molecule has 0 spiro atoms. The van der Waals surface area contributed by atoms with Gasteiger partial charge in [-0.2, -0.15) is 4.39 Å². The number of ether oxygens (including phenoxy) is 1. The normalized spacial score (nSPS) is 11.8. The summed E-state index contributed by atoms with van der Waals surface area (Å²) in [6, 6.07) is 5.34. The van der Waals surface area contributed by atoms with Crippen LogP contribution in [0.4, 0.5) is 26.3 Å². The molecule has 2 aromatic rings. The van der Waals surface area contributed by atoms with Gasteiger partial charge < -0.3 is 4.74 Å². The van der Waals surface area contributed by atoms with Crippen LogP contribution in [0.5, 0.6) is 5.75 Å². The predicted molar refractivity (Wildman–Crippen MR) is 94.8 cm³/mol. The lowest BCUT2D eigenvalue weighted by molar-refractivity contribution is 0.313. The fourth-order valence-electron chi connectivity index (χ4n) is 2.76. The van der Waals surface area contributed by atoms with Crippen molar-refractivity contribution in [3.8, 4) is 5.75 Å². The monoisotopic (exact) mass is 402 g/mol. The van der Waals surface area contributed by atoms with Crippen LogP contribution < -0.4 is 4.74 Å². The molecule has 0 aliphatic carbocycles. The number of hydrogen-bond donors (Lipinski definition) is 0. The Bertz CT molecular complexity index is 847.